The van der Waals surface area contributed by atoms with Crippen molar-refractivity contribution in [2.24, 2.45) is 10.3 Å². The highest BCUT2D eigenvalue weighted by molar-refractivity contribution is 7.89. The molecule has 0 amide bonds. The predicted octanol–water partition coefficient (Wildman–Crippen LogP) is 3.17. The SMILES string of the molecule is CCC(=O)OC1=NOCC1c1ccc(F)c(Cl)c1-c1ccc(S(N)(=O)=O)cc1. The van der Waals surface area contributed by atoms with Gasteiger partial charge in [-0.3, -0.25) is 4.79 Å². The largest absolute Gasteiger partial charge is 0.407 e. The first-order valence-corrected chi connectivity index (χ1v) is 10.2. The highest BCUT2D eigenvalue weighted by Gasteiger charge is 2.32. The lowest BCUT2D eigenvalue weighted by molar-refractivity contribution is -0.135. The van der Waals surface area contributed by atoms with Crippen molar-refractivity contribution >= 4 is 33.5 Å². The molecule has 1 aliphatic rings. The number of ether oxygens (including phenoxy) is 1. The molecule has 0 radical (unpaired) electrons. The Kier molecular flexibility index (Phi) is 5.69. The molecule has 1 aliphatic heterocycles. The number of hydrogen-bond acceptors (Lipinski definition) is 6. The van der Waals surface area contributed by atoms with E-state index in [4.69, 9.17) is 26.3 Å². The molecular formula is C18H16ClFN2O5S. The number of halogens is 2. The Labute approximate surface area is 165 Å². The molecular weight excluding hydrogens is 411 g/mol. The van der Waals surface area contributed by atoms with Gasteiger partial charge < -0.3 is 9.57 Å². The molecule has 7 nitrogen and oxygen atoms in total. The van der Waals surface area contributed by atoms with Crippen molar-refractivity contribution in [1.29, 1.82) is 0 Å². The molecule has 28 heavy (non-hydrogen) atoms. The van der Waals surface area contributed by atoms with E-state index in [9.17, 15) is 17.6 Å². The number of rotatable bonds is 4. The maximum Gasteiger partial charge on any atom is 0.312 e. The Bertz CT molecular complexity index is 1050. The maximum atomic E-state index is 14.2. The molecule has 3 rings (SSSR count). The van der Waals surface area contributed by atoms with Crippen molar-refractivity contribution in [1.82, 2.24) is 0 Å². The minimum atomic E-state index is -3.87. The summed E-state index contributed by atoms with van der Waals surface area (Å²) in [4.78, 5) is 16.6. The molecule has 0 aliphatic carbocycles. The van der Waals surface area contributed by atoms with Crippen LogP contribution < -0.4 is 5.14 Å². The highest BCUT2D eigenvalue weighted by atomic mass is 35.5. The second-order valence-electron chi connectivity index (χ2n) is 6.00. The Hall–Kier alpha value is -2.49. The summed E-state index contributed by atoms with van der Waals surface area (Å²) in [6.07, 6.45) is 0.151. The topological polar surface area (TPSA) is 108 Å². The minimum Gasteiger partial charge on any atom is -0.407 e. The summed E-state index contributed by atoms with van der Waals surface area (Å²) < 4.78 is 42.3. The van der Waals surface area contributed by atoms with E-state index in [-0.39, 0.29) is 28.8 Å². The van der Waals surface area contributed by atoms with E-state index in [0.717, 1.165) is 0 Å². The van der Waals surface area contributed by atoms with Gasteiger partial charge in [0.1, 0.15) is 18.3 Å². The zero-order valence-electron chi connectivity index (χ0n) is 14.7. The van der Waals surface area contributed by atoms with Crippen molar-refractivity contribution in [2.75, 3.05) is 6.61 Å². The normalized spacial score (nSPS) is 16.4. The number of carbonyl (C=O) groups excluding carboxylic acids is 1. The average Bonchev–Trinajstić information content (AvgIpc) is 3.11. The molecule has 0 bridgehead atoms. The zero-order chi connectivity index (χ0) is 20.5. The fraction of sp³-hybridized carbons (Fsp3) is 0.222. The third-order valence-electron chi connectivity index (χ3n) is 4.17. The van der Waals surface area contributed by atoms with Gasteiger partial charge in [0, 0.05) is 12.0 Å². The van der Waals surface area contributed by atoms with E-state index in [1.165, 1.54) is 36.4 Å². The van der Waals surface area contributed by atoms with Gasteiger partial charge >= 0.3 is 5.97 Å². The van der Waals surface area contributed by atoms with E-state index in [0.29, 0.717) is 16.7 Å². The van der Waals surface area contributed by atoms with E-state index in [2.05, 4.69) is 5.16 Å². The number of nitrogens with two attached hydrogens (primary N) is 1. The van der Waals surface area contributed by atoms with Gasteiger partial charge in [-0.05, 0) is 29.3 Å². The predicted molar refractivity (Wildman–Crippen MR) is 101 cm³/mol. The first-order valence-electron chi connectivity index (χ1n) is 8.24. The number of nitrogens with zero attached hydrogens (tertiary/aromatic N) is 1. The van der Waals surface area contributed by atoms with Crippen LogP contribution in [0.2, 0.25) is 5.02 Å². The van der Waals surface area contributed by atoms with Crippen molar-refractivity contribution < 1.29 is 27.2 Å². The summed E-state index contributed by atoms with van der Waals surface area (Å²) in [7, 11) is -3.87. The van der Waals surface area contributed by atoms with Crippen molar-refractivity contribution in [2.45, 2.75) is 24.2 Å². The van der Waals surface area contributed by atoms with Crippen LogP contribution in [-0.2, 0) is 24.4 Å². The average molecular weight is 427 g/mol. The summed E-state index contributed by atoms with van der Waals surface area (Å²) in [5.41, 5.74) is 1.30. The lowest BCUT2D eigenvalue weighted by Gasteiger charge is -2.17. The molecule has 2 N–H and O–H groups in total. The number of esters is 1. The molecule has 1 atom stereocenters. The Balaban J connectivity index is 2.08. The van der Waals surface area contributed by atoms with Crippen molar-refractivity contribution in [3.8, 4) is 11.1 Å². The Morgan fingerprint density at radius 3 is 2.61 bits per heavy atom. The number of hydrogen-bond donors (Lipinski definition) is 1. The van der Waals surface area contributed by atoms with Gasteiger partial charge in [-0.25, -0.2) is 17.9 Å². The van der Waals surface area contributed by atoms with Crippen LogP contribution in [0.3, 0.4) is 0 Å². The van der Waals surface area contributed by atoms with Crippen molar-refractivity contribution in [3.63, 3.8) is 0 Å². The van der Waals surface area contributed by atoms with E-state index in [1.54, 1.807) is 6.92 Å². The van der Waals surface area contributed by atoms with Crippen LogP contribution in [-0.4, -0.2) is 26.9 Å². The minimum absolute atomic E-state index is 0.0527. The summed E-state index contributed by atoms with van der Waals surface area (Å²) in [5, 5.41) is 8.71. The molecule has 1 heterocycles. The fourth-order valence-electron chi connectivity index (χ4n) is 2.77. The molecule has 148 valence electrons. The molecule has 10 heteroatoms. The quantitative estimate of drug-likeness (QED) is 0.755. The van der Waals surface area contributed by atoms with Crippen LogP contribution in [0.25, 0.3) is 11.1 Å². The van der Waals surface area contributed by atoms with Gasteiger partial charge in [-0.1, -0.05) is 41.9 Å². The van der Waals surface area contributed by atoms with E-state index < -0.39 is 27.7 Å². The lowest BCUT2D eigenvalue weighted by Crippen LogP contribution is -2.19. The van der Waals surface area contributed by atoms with E-state index in [1.807, 2.05) is 0 Å². The van der Waals surface area contributed by atoms with Gasteiger partial charge in [0.2, 0.25) is 15.9 Å². The van der Waals surface area contributed by atoms with Gasteiger partial charge in [0.05, 0.1) is 9.92 Å². The number of primary sulfonamides is 1. The molecule has 0 fully saturated rings. The van der Waals surface area contributed by atoms with Gasteiger partial charge in [-0.2, -0.15) is 0 Å². The second-order valence-corrected chi connectivity index (χ2v) is 7.94. The monoisotopic (exact) mass is 426 g/mol. The second kappa shape index (κ2) is 7.86. The number of benzene rings is 2. The molecule has 0 saturated heterocycles. The molecule has 0 spiro atoms. The van der Waals surface area contributed by atoms with Crippen LogP contribution in [0.15, 0.2) is 46.4 Å². The molecule has 0 saturated carbocycles. The van der Waals surface area contributed by atoms with Crippen LogP contribution in [0.5, 0.6) is 0 Å². The third kappa shape index (κ3) is 4.01. The molecule has 2 aromatic carbocycles. The fourth-order valence-corrected chi connectivity index (χ4v) is 3.57. The van der Waals surface area contributed by atoms with Crippen LogP contribution >= 0.6 is 11.6 Å². The molecule has 1 unspecified atom stereocenters. The van der Waals surface area contributed by atoms with Crippen LogP contribution in [0.1, 0.15) is 24.8 Å². The Morgan fingerprint density at radius 1 is 1.32 bits per heavy atom. The zero-order valence-corrected chi connectivity index (χ0v) is 16.3. The van der Waals surface area contributed by atoms with Gasteiger partial charge in [-0.15, -0.1) is 0 Å². The highest BCUT2D eigenvalue weighted by Crippen LogP contribution is 2.39. The maximum absolute atomic E-state index is 14.2. The van der Waals surface area contributed by atoms with Crippen LogP contribution in [0.4, 0.5) is 4.39 Å². The smallest absolute Gasteiger partial charge is 0.312 e. The summed E-state index contributed by atoms with van der Waals surface area (Å²) in [6.45, 7) is 1.72. The number of carbonyl (C=O) groups is 1. The summed E-state index contributed by atoms with van der Waals surface area (Å²) in [5.74, 6) is -1.67. The number of sulfonamides is 1. The first kappa shape index (κ1) is 20.2. The first-order chi connectivity index (χ1) is 13.2. The summed E-state index contributed by atoms with van der Waals surface area (Å²) in [6, 6.07) is 8.22. The lowest BCUT2D eigenvalue weighted by atomic mass is 9.90. The molecule has 0 aromatic heterocycles. The summed E-state index contributed by atoms with van der Waals surface area (Å²) >= 11 is 6.22. The van der Waals surface area contributed by atoms with Gasteiger partial charge in [0.25, 0.3) is 0 Å². The Morgan fingerprint density at radius 2 is 2.00 bits per heavy atom. The third-order valence-corrected chi connectivity index (χ3v) is 5.47. The van der Waals surface area contributed by atoms with Crippen molar-refractivity contribution in [3.05, 3.63) is 52.8 Å². The number of oxime groups is 1. The molecule has 2 aromatic rings. The standard InChI is InChI=1S/C18H16ClFN2O5S/c1-2-15(23)27-18-13(9-26-22-18)12-7-8-14(20)17(19)16(12)10-3-5-11(6-4-10)28(21,24)25/h3-8,13H,2,9H2,1H3,(H2,21,24,25). The van der Waals surface area contributed by atoms with Gasteiger partial charge in [0.15, 0.2) is 0 Å². The van der Waals surface area contributed by atoms with Crippen LogP contribution in [0, 0.1) is 5.82 Å². The van der Waals surface area contributed by atoms with E-state index >= 15 is 0 Å².